The fraction of sp³-hybridized carbons (Fsp3) is 0.469. The summed E-state index contributed by atoms with van der Waals surface area (Å²) in [6, 6.07) is 12.6. The van der Waals surface area contributed by atoms with E-state index in [0.717, 1.165) is 83.2 Å². The third kappa shape index (κ3) is 5.33. The van der Waals surface area contributed by atoms with Crippen molar-refractivity contribution in [2.45, 2.75) is 77.5 Å². The Morgan fingerprint density at radius 2 is 1.77 bits per heavy atom. The van der Waals surface area contributed by atoms with E-state index in [1.54, 1.807) is 11.3 Å². The van der Waals surface area contributed by atoms with Crippen molar-refractivity contribution < 1.29 is 19.4 Å². The first-order valence-electron chi connectivity index (χ1n) is 14.5. The monoisotopic (exact) mass is 559 g/mol. The van der Waals surface area contributed by atoms with E-state index in [2.05, 4.69) is 29.3 Å². The summed E-state index contributed by atoms with van der Waals surface area (Å²) in [4.78, 5) is 33.9. The van der Waals surface area contributed by atoms with Crippen molar-refractivity contribution in [2.24, 2.45) is 5.92 Å². The molecular weight excluding hydrogens is 522 g/mol. The first-order chi connectivity index (χ1) is 19.4. The lowest BCUT2D eigenvalue weighted by Gasteiger charge is -2.37. The van der Waals surface area contributed by atoms with E-state index in [1.807, 2.05) is 36.1 Å². The largest absolute Gasteiger partial charge is 0.488 e. The molecule has 2 atom stereocenters. The summed E-state index contributed by atoms with van der Waals surface area (Å²) in [7, 11) is 0. The van der Waals surface area contributed by atoms with Crippen molar-refractivity contribution in [3.8, 4) is 17.0 Å². The number of carbonyl (C=O) groups excluding carboxylic acids is 1. The number of carboxylic acids is 1. The summed E-state index contributed by atoms with van der Waals surface area (Å²) < 4.78 is 6.37. The first-order valence-corrected chi connectivity index (χ1v) is 15.3. The van der Waals surface area contributed by atoms with Crippen LogP contribution in [-0.2, 0) is 11.4 Å². The number of carbonyl (C=O) groups is 2. The van der Waals surface area contributed by atoms with E-state index in [4.69, 9.17) is 9.72 Å². The number of hydrogen-bond donors (Lipinski definition) is 1. The molecule has 3 fully saturated rings. The highest BCUT2D eigenvalue weighted by Gasteiger charge is 2.44. The predicted molar refractivity (Wildman–Crippen MR) is 157 cm³/mol. The van der Waals surface area contributed by atoms with Gasteiger partial charge in [-0.25, -0.2) is 4.98 Å². The summed E-state index contributed by atoms with van der Waals surface area (Å²) in [6.45, 7) is 6.21. The van der Waals surface area contributed by atoms with Crippen molar-refractivity contribution in [2.75, 3.05) is 18.0 Å². The molecular formula is C32H37N3O4S. The molecule has 8 heteroatoms. The minimum absolute atomic E-state index is 0.121. The van der Waals surface area contributed by atoms with Gasteiger partial charge in [-0.2, -0.15) is 0 Å². The van der Waals surface area contributed by atoms with Gasteiger partial charge in [0.2, 0.25) is 0 Å². The molecule has 3 aromatic rings. The SMILES string of the molecule is Cc1ccc(OCc2ccc(C(=O)N3CCCCC3)cc2C)c(-c2csc(N3C4CCC3CC(C(=O)O)C4)n2)c1. The van der Waals surface area contributed by atoms with Crippen molar-refractivity contribution in [3.63, 3.8) is 0 Å². The van der Waals surface area contributed by atoms with Gasteiger partial charge in [0.1, 0.15) is 12.4 Å². The van der Waals surface area contributed by atoms with Gasteiger partial charge in [0, 0.05) is 41.7 Å². The number of carboxylic acid groups (broad SMARTS) is 1. The van der Waals surface area contributed by atoms with Crippen molar-refractivity contribution >= 4 is 28.3 Å². The van der Waals surface area contributed by atoms with E-state index in [0.29, 0.717) is 19.4 Å². The molecule has 2 bridgehead atoms. The third-order valence-electron chi connectivity index (χ3n) is 8.82. The number of fused-ring (bicyclic) bond motifs is 2. The van der Waals surface area contributed by atoms with Crippen LogP contribution in [0.4, 0.5) is 5.13 Å². The highest BCUT2D eigenvalue weighted by molar-refractivity contribution is 7.14. The molecule has 2 aromatic carbocycles. The van der Waals surface area contributed by atoms with E-state index in [-0.39, 0.29) is 23.9 Å². The topological polar surface area (TPSA) is 83.0 Å². The molecule has 210 valence electrons. The average Bonchev–Trinajstić information content (AvgIpc) is 3.54. The Morgan fingerprint density at radius 3 is 2.48 bits per heavy atom. The number of likely N-dealkylation sites (tertiary alicyclic amines) is 1. The molecule has 7 nitrogen and oxygen atoms in total. The number of benzene rings is 2. The van der Waals surface area contributed by atoms with Crippen LogP contribution < -0.4 is 9.64 Å². The summed E-state index contributed by atoms with van der Waals surface area (Å²) in [6.07, 6.45) is 6.83. The molecule has 0 spiro atoms. The lowest BCUT2D eigenvalue weighted by molar-refractivity contribution is -0.142. The molecule has 1 N–H and O–H groups in total. The molecule has 4 heterocycles. The Kier molecular flexibility index (Phi) is 7.53. The number of ether oxygens (including phenoxy) is 1. The minimum atomic E-state index is -0.670. The quantitative estimate of drug-likeness (QED) is 0.358. The Labute approximate surface area is 239 Å². The normalized spacial score (nSPS) is 22.4. The van der Waals surface area contributed by atoms with Gasteiger partial charge in [-0.3, -0.25) is 9.59 Å². The highest BCUT2D eigenvalue weighted by Crippen LogP contribution is 2.44. The maximum absolute atomic E-state index is 12.9. The number of rotatable bonds is 7. The summed E-state index contributed by atoms with van der Waals surface area (Å²) >= 11 is 1.63. The number of anilines is 1. The summed E-state index contributed by atoms with van der Waals surface area (Å²) in [5.41, 5.74) is 5.83. The van der Waals surface area contributed by atoms with Gasteiger partial charge in [-0.05, 0) is 94.2 Å². The molecule has 1 amide bonds. The third-order valence-corrected chi connectivity index (χ3v) is 9.68. The first kappa shape index (κ1) is 26.8. The van der Waals surface area contributed by atoms with Crippen LogP contribution in [0.25, 0.3) is 11.3 Å². The van der Waals surface area contributed by atoms with Gasteiger partial charge >= 0.3 is 5.97 Å². The highest BCUT2D eigenvalue weighted by atomic mass is 32.1. The molecule has 0 aliphatic carbocycles. The number of aliphatic carboxylic acids is 1. The van der Waals surface area contributed by atoms with Crippen LogP contribution in [-0.4, -0.2) is 52.0 Å². The fourth-order valence-corrected chi connectivity index (χ4v) is 7.56. The van der Waals surface area contributed by atoms with Crippen LogP contribution >= 0.6 is 11.3 Å². The summed E-state index contributed by atoms with van der Waals surface area (Å²) in [5, 5.41) is 12.6. The maximum atomic E-state index is 12.9. The molecule has 40 heavy (non-hydrogen) atoms. The molecule has 3 aliphatic rings. The minimum Gasteiger partial charge on any atom is -0.488 e. The standard InChI is InChI=1S/C32H37N3O4S/c1-20-6-11-29(39-18-23-8-7-22(15-21(23)2)30(36)34-12-4-3-5-13-34)27(14-20)28-19-40-32(33-28)35-25-9-10-26(35)17-24(16-25)31(37)38/h6-8,11,14-15,19,24-26H,3-5,9-10,12-13,16-18H2,1-2H3,(H,37,38). The number of nitrogens with zero attached hydrogens (tertiary/aromatic N) is 3. The molecule has 2 unspecified atom stereocenters. The second-order valence-electron chi connectivity index (χ2n) is 11.6. The molecule has 3 saturated heterocycles. The van der Waals surface area contributed by atoms with Crippen molar-refractivity contribution in [3.05, 3.63) is 64.0 Å². The van der Waals surface area contributed by atoms with E-state index >= 15 is 0 Å². The number of aryl methyl sites for hydroxylation is 2. The zero-order valence-corrected chi connectivity index (χ0v) is 24.1. The number of hydrogen-bond acceptors (Lipinski definition) is 6. The Hall–Kier alpha value is -3.39. The van der Waals surface area contributed by atoms with Gasteiger partial charge < -0.3 is 19.6 Å². The second-order valence-corrected chi connectivity index (χ2v) is 12.4. The Bertz CT molecular complexity index is 1400. The molecule has 3 aliphatic heterocycles. The smallest absolute Gasteiger partial charge is 0.306 e. The van der Waals surface area contributed by atoms with Gasteiger partial charge in [-0.15, -0.1) is 11.3 Å². The van der Waals surface area contributed by atoms with Gasteiger partial charge in [0.15, 0.2) is 5.13 Å². The van der Waals surface area contributed by atoms with Gasteiger partial charge in [0.25, 0.3) is 5.91 Å². The summed E-state index contributed by atoms with van der Waals surface area (Å²) in [5.74, 6) is -0.0132. The zero-order chi connectivity index (χ0) is 27.8. The van der Waals surface area contributed by atoms with Crippen LogP contribution in [0.2, 0.25) is 0 Å². The lowest BCUT2D eigenvalue weighted by atomic mass is 9.91. The molecule has 0 saturated carbocycles. The van der Waals surface area contributed by atoms with Gasteiger partial charge in [0.05, 0.1) is 11.6 Å². The molecule has 0 radical (unpaired) electrons. The predicted octanol–water partition coefficient (Wildman–Crippen LogP) is 6.46. The number of piperidine rings is 2. The van der Waals surface area contributed by atoms with E-state index in [1.165, 1.54) is 6.42 Å². The van der Waals surface area contributed by atoms with Crippen molar-refractivity contribution in [1.29, 1.82) is 0 Å². The van der Waals surface area contributed by atoms with Crippen LogP contribution in [0, 0.1) is 19.8 Å². The molecule has 6 rings (SSSR count). The van der Waals surface area contributed by atoms with Crippen LogP contribution in [0.1, 0.15) is 72.0 Å². The van der Waals surface area contributed by atoms with E-state index in [9.17, 15) is 14.7 Å². The lowest BCUT2D eigenvalue weighted by Crippen LogP contribution is -2.44. The Morgan fingerprint density at radius 1 is 1.02 bits per heavy atom. The van der Waals surface area contributed by atoms with E-state index < -0.39 is 5.97 Å². The maximum Gasteiger partial charge on any atom is 0.306 e. The van der Waals surface area contributed by atoms with Crippen LogP contribution in [0.5, 0.6) is 5.75 Å². The van der Waals surface area contributed by atoms with Gasteiger partial charge in [-0.1, -0.05) is 17.7 Å². The fourth-order valence-electron chi connectivity index (χ4n) is 6.59. The number of amides is 1. The number of thiazole rings is 1. The second kappa shape index (κ2) is 11.2. The average molecular weight is 560 g/mol. The number of aromatic nitrogens is 1. The van der Waals surface area contributed by atoms with Crippen LogP contribution in [0.15, 0.2) is 41.8 Å². The Balaban J connectivity index is 1.17. The molecule has 1 aromatic heterocycles. The zero-order valence-electron chi connectivity index (χ0n) is 23.3. The van der Waals surface area contributed by atoms with Crippen molar-refractivity contribution in [1.82, 2.24) is 9.88 Å². The van der Waals surface area contributed by atoms with Crippen LogP contribution in [0.3, 0.4) is 0 Å².